The molecule has 1 aromatic heterocycles. The van der Waals surface area contributed by atoms with Crippen molar-refractivity contribution in [3.8, 4) is 0 Å². The third-order valence-corrected chi connectivity index (χ3v) is 10.2. The van der Waals surface area contributed by atoms with Crippen LogP contribution in [-0.2, 0) is 20.0 Å². The van der Waals surface area contributed by atoms with Crippen LogP contribution in [0.15, 0.2) is 104 Å². The molecule has 0 bridgehead atoms. The Balaban J connectivity index is 1.42. The second-order valence-corrected chi connectivity index (χ2v) is 13.3. The molecule has 4 rings (SSSR count). The molecule has 3 aromatic carbocycles. The number of hydrogen-bond acceptors (Lipinski definition) is 6. The average molecular weight is 607 g/mol. The Morgan fingerprint density at radius 3 is 2.03 bits per heavy atom. The van der Waals surface area contributed by atoms with E-state index in [1.165, 1.54) is 49.5 Å². The fraction of sp³-hybridized carbons (Fsp3) is 0.0417. The lowest BCUT2D eigenvalue weighted by atomic mass is 10.2. The topological polar surface area (TPSA) is 113 Å². The van der Waals surface area contributed by atoms with Gasteiger partial charge >= 0.3 is 0 Å². The normalized spacial score (nSPS) is 11.6. The minimum absolute atomic E-state index is 0.0442. The smallest absolute Gasteiger partial charge is 0.273 e. The summed E-state index contributed by atoms with van der Waals surface area (Å²) in [4.78, 5) is 12.7. The highest BCUT2D eigenvalue weighted by Gasteiger charge is 2.22. The van der Waals surface area contributed by atoms with E-state index in [0.29, 0.717) is 22.6 Å². The van der Waals surface area contributed by atoms with E-state index in [9.17, 15) is 21.6 Å². The Morgan fingerprint density at radius 1 is 0.833 bits per heavy atom. The van der Waals surface area contributed by atoms with Crippen LogP contribution in [-0.4, -0.2) is 29.8 Å². The second-order valence-electron chi connectivity index (χ2n) is 7.54. The first-order valence-electron chi connectivity index (χ1n) is 10.4. The molecular weight excluding hydrogens is 586 g/mol. The predicted octanol–water partition coefficient (Wildman–Crippen LogP) is 5.39. The number of carbonyl (C=O) groups is 1. The first-order chi connectivity index (χ1) is 17.1. The van der Waals surface area contributed by atoms with Crippen LogP contribution in [0.3, 0.4) is 0 Å². The van der Waals surface area contributed by atoms with Crippen LogP contribution < -0.4 is 14.3 Å². The molecule has 0 aliphatic rings. The molecule has 4 aromatic rings. The fourth-order valence-electron chi connectivity index (χ4n) is 3.16. The first-order valence-corrected chi connectivity index (χ1v) is 15.0. The molecular formula is C24H20BrN3O5S3. The maximum atomic E-state index is 12.7. The SMILES string of the molecule is CN(c1ccc(C(=O)Nc2ccc(S(=O)(=O)Nc3ccc(Br)cc3)cc2)cc1)S(=O)(=O)c1cccs1. The van der Waals surface area contributed by atoms with Gasteiger partial charge in [0.05, 0.1) is 10.6 Å². The van der Waals surface area contributed by atoms with E-state index < -0.39 is 26.0 Å². The van der Waals surface area contributed by atoms with Crippen molar-refractivity contribution < 1.29 is 21.6 Å². The molecule has 0 aliphatic heterocycles. The van der Waals surface area contributed by atoms with E-state index >= 15 is 0 Å². The molecule has 0 radical (unpaired) electrons. The summed E-state index contributed by atoms with van der Waals surface area (Å²) in [6.07, 6.45) is 0. The summed E-state index contributed by atoms with van der Waals surface area (Å²) < 4.78 is 55.3. The number of nitrogens with one attached hydrogen (secondary N) is 2. The van der Waals surface area contributed by atoms with E-state index in [1.807, 2.05) is 0 Å². The van der Waals surface area contributed by atoms with Crippen LogP contribution in [0.4, 0.5) is 17.1 Å². The van der Waals surface area contributed by atoms with Crippen molar-refractivity contribution in [1.82, 2.24) is 0 Å². The van der Waals surface area contributed by atoms with Gasteiger partial charge in [-0.1, -0.05) is 22.0 Å². The van der Waals surface area contributed by atoms with Gasteiger partial charge < -0.3 is 5.32 Å². The summed E-state index contributed by atoms with van der Waals surface area (Å²) in [5.74, 6) is -0.422. The number of halogens is 1. The average Bonchev–Trinajstić information content (AvgIpc) is 3.41. The Bertz CT molecular complexity index is 1570. The summed E-state index contributed by atoms with van der Waals surface area (Å²) in [6.45, 7) is 0. The third-order valence-electron chi connectivity index (χ3n) is 5.12. The van der Waals surface area contributed by atoms with Crippen molar-refractivity contribution in [2.24, 2.45) is 0 Å². The van der Waals surface area contributed by atoms with Gasteiger partial charge in [0.15, 0.2) is 0 Å². The van der Waals surface area contributed by atoms with Crippen molar-refractivity contribution in [3.63, 3.8) is 0 Å². The van der Waals surface area contributed by atoms with E-state index in [2.05, 4.69) is 26.0 Å². The molecule has 0 aliphatic carbocycles. The number of sulfonamides is 2. The summed E-state index contributed by atoms with van der Waals surface area (Å²) in [6, 6.07) is 21.8. The largest absolute Gasteiger partial charge is 0.322 e. The lowest BCUT2D eigenvalue weighted by Gasteiger charge is -2.18. The first kappa shape index (κ1) is 25.9. The number of benzene rings is 3. The highest BCUT2D eigenvalue weighted by molar-refractivity contribution is 9.10. The zero-order valence-electron chi connectivity index (χ0n) is 18.8. The van der Waals surface area contributed by atoms with Gasteiger partial charge in [0.2, 0.25) is 0 Å². The second kappa shape index (κ2) is 10.4. The van der Waals surface area contributed by atoms with Crippen molar-refractivity contribution in [3.05, 3.63) is 100 Å². The minimum Gasteiger partial charge on any atom is -0.322 e. The van der Waals surface area contributed by atoms with Gasteiger partial charge in [0.25, 0.3) is 26.0 Å². The lowest BCUT2D eigenvalue weighted by Crippen LogP contribution is -2.25. The van der Waals surface area contributed by atoms with Crippen LogP contribution in [0.25, 0.3) is 0 Å². The Kier molecular flexibility index (Phi) is 7.50. The number of carbonyl (C=O) groups excluding carboxylic acids is 1. The number of anilines is 3. The molecule has 12 heteroatoms. The number of nitrogens with zero attached hydrogens (tertiary/aromatic N) is 1. The van der Waals surface area contributed by atoms with Crippen LogP contribution in [0.2, 0.25) is 0 Å². The molecule has 0 spiro atoms. The molecule has 0 saturated carbocycles. The maximum absolute atomic E-state index is 12.7. The highest BCUT2D eigenvalue weighted by Crippen LogP contribution is 2.26. The van der Waals surface area contributed by atoms with Crippen LogP contribution in [0.1, 0.15) is 10.4 Å². The van der Waals surface area contributed by atoms with Gasteiger partial charge in [-0.2, -0.15) is 0 Å². The van der Waals surface area contributed by atoms with E-state index in [4.69, 9.17) is 0 Å². The standard InChI is InChI=1S/C24H20BrN3O5S3/c1-28(36(32,33)23-3-2-16-34-23)21-12-4-17(5-13-21)24(29)26-19-10-14-22(15-11-19)35(30,31)27-20-8-6-18(25)7-9-20/h2-16,27H,1H3,(H,26,29). The zero-order chi connectivity index (χ0) is 25.9. The van der Waals surface area contributed by atoms with Gasteiger partial charge in [0, 0.05) is 28.5 Å². The molecule has 0 atom stereocenters. The predicted molar refractivity (Wildman–Crippen MR) is 146 cm³/mol. The van der Waals surface area contributed by atoms with Crippen molar-refractivity contribution in [1.29, 1.82) is 0 Å². The number of hydrogen-bond donors (Lipinski definition) is 2. The summed E-state index contributed by atoms with van der Waals surface area (Å²) in [5, 5.41) is 4.39. The number of amides is 1. The van der Waals surface area contributed by atoms with E-state index in [0.717, 1.165) is 20.1 Å². The lowest BCUT2D eigenvalue weighted by molar-refractivity contribution is 0.102. The van der Waals surface area contributed by atoms with Crippen LogP contribution in [0.5, 0.6) is 0 Å². The van der Waals surface area contributed by atoms with E-state index in [-0.39, 0.29) is 9.10 Å². The minimum atomic E-state index is -3.80. The van der Waals surface area contributed by atoms with Gasteiger partial charge in [0.1, 0.15) is 4.21 Å². The molecule has 0 unspecified atom stereocenters. The Hall–Kier alpha value is -3.19. The molecule has 36 heavy (non-hydrogen) atoms. The summed E-state index contributed by atoms with van der Waals surface area (Å²) in [5.41, 5.74) is 1.55. The molecule has 1 amide bonds. The quantitative estimate of drug-likeness (QED) is 0.280. The summed E-state index contributed by atoms with van der Waals surface area (Å²) >= 11 is 4.43. The summed E-state index contributed by atoms with van der Waals surface area (Å²) in [7, 11) is -6.02. The molecule has 186 valence electrons. The van der Waals surface area contributed by atoms with Crippen LogP contribution >= 0.6 is 27.3 Å². The molecule has 0 fully saturated rings. The van der Waals surface area contributed by atoms with Gasteiger partial charge in [-0.3, -0.25) is 13.8 Å². The van der Waals surface area contributed by atoms with Crippen LogP contribution in [0, 0.1) is 0 Å². The number of rotatable bonds is 8. The van der Waals surface area contributed by atoms with Crippen molar-refractivity contribution in [2.45, 2.75) is 9.10 Å². The monoisotopic (exact) mass is 605 g/mol. The molecule has 0 saturated heterocycles. The van der Waals surface area contributed by atoms with Gasteiger partial charge in [-0.25, -0.2) is 16.8 Å². The Labute approximate surface area is 221 Å². The zero-order valence-corrected chi connectivity index (χ0v) is 22.8. The molecule has 1 heterocycles. The van der Waals surface area contributed by atoms with Gasteiger partial charge in [-0.05, 0) is 84.2 Å². The maximum Gasteiger partial charge on any atom is 0.273 e. The van der Waals surface area contributed by atoms with Crippen molar-refractivity contribution in [2.75, 3.05) is 21.4 Å². The van der Waals surface area contributed by atoms with E-state index in [1.54, 1.807) is 47.8 Å². The third kappa shape index (κ3) is 5.78. The molecule has 8 nitrogen and oxygen atoms in total. The molecule has 2 N–H and O–H groups in total. The number of thiophene rings is 1. The van der Waals surface area contributed by atoms with Crippen molar-refractivity contribution >= 4 is 70.3 Å². The Morgan fingerprint density at radius 2 is 1.44 bits per heavy atom. The highest BCUT2D eigenvalue weighted by atomic mass is 79.9. The fourth-order valence-corrected chi connectivity index (χ4v) is 6.84. The van der Waals surface area contributed by atoms with Gasteiger partial charge in [-0.15, -0.1) is 11.3 Å².